The molecule has 1 heterocycles. The molecule has 3 rings (SSSR count). The second-order valence-corrected chi connectivity index (χ2v) is 8.31. The molecule has 3 aromatic rings. The summed E-state index contributed by atoms with van der Waals surface area (Å²) in [7, 11) is 3.05. The Morgan fingerprint density at radius 1 is 1.00 bits per heavy atom. The van der Waals surface area contributed by atoms with Gasteiger partial charge in [-0.15, -0.1) is 10.2 Å². The summed E-state index contributed by atoms with van der Waals surface area (Å²) in [6, 6.07) is 13.3. The summed E-state index contributed by atoms with van der Waals surface area (Å²) in [5.41, 5.74) is 1.39. The van der Waals surface area contributed by atoms with E-state index in [1.54, 1.807) is 18.2 Å². The van der Waals surface area contributed by atoms with Crippen molar-refractivity contribution in [2.24, 2.45) is 5.92 Å². The van der Waals surface area contributed by atoms with Crippen LogP contribution in [-0.2, 0) is 4.79 Å². The van der Waals surface area contributed by atoms with Crippen LogP contribution in [0.1, 0.15) is 20.3 Å². The predicted molar refractivity (Wildman–Crippen MR) is 129 cm³/mol. The first kappa shape index (κ1) is 24.0. The minimum Gasteiger partial charge on any atom is -0.497 e. The second kappa shape index (κ2) is 11.3. The van der Waals surface area contributed by atoms with Gasteiger partial charge in [0.15, 0.2) is 0 Å². The molecule has 0 saturated carbocycles. The number of methoxy groups -OCH3 is 2. The molecule has 3 amide bonds. The van der Waals surface area contributed by atoms with Crippen LogP contribution < -0.4 is 25.4 Å². The number of carbonyl (C=O) groups is 2. The number of urea groups is 1. The third kappa shape index (κ3) is 6.42. The van der Waals surface area contributed by atoms with Gasteiger partial charge in [-0.2, -0.15) is 0 Å². The lowest BCUT2D eigenvalue weighted by Gasteiger charge is -2.23. The molecule has 0 saturated heterocycles. The normalized spacial score (nSPS) is 12.4. The first-order valence-electron chi connectivity index (χ1n) is 10.4. The van der Waals surface area contributed by atoms with E-state index in [2.05, 4.69) is 26.1 Å². The number of hydrogen-bond donors (Lipinski definition) is 3. The zero-order valence-electron chi connectivity index (χ0n) is 18.9. The van der Waals surface area contributed by atoms with Gasteiger partial charge in [-0.3, -0.25) is 10.1 Å². The fraction of sp³-hybridized carbons (Fsp3) is 0.304. The van der Waals surface area contributed by atoms with Crippen molar-refractivity contribution in [2.75, 3.05) is 24.9 Å². The van der Waals surface area contributed by atoms with Gasteiger partial charge < -0.3 is 20.1 Å². The summed E-state index contributed by atoms with van der Waals surface area (Å²) in [5, 5.41) is 17.5. The van der Waals surface area contributed by atoms with Gasteiger partial charge in [0, 0.05) is 29.4 Å². The number of carbonyl (C=O) groups excluding carboxylic acids is 2. The molecule has 0 aliphatic carbocycles. The van der Waals surface area contributed by atoms with Crippen LogP contribution in [0.3, 0.4) is 0 Å². The van der Waals surface area contributed by atoms with Crippen LogP contribution in [0.25, 0.3) is 10.6 Å². The third-order valence-electron chi connectivity index (χ3n) is 5.07. The number of nitrogens with zero attached hydrogens (tertiary/aromatic N) is 2. The minimum atomic E-state index is -0.772. The highest BCUT2D eigenvalue weighted by Crippen LogP contribution is 2.27. The van der Waals surface area contributed by atoms with Crippen LogP contribution in [-0.4, -0.2) is 42.4 Å². The highest BCUT2D eigenvalue weighted by atomic mass is 32.1. The zero-order valence-corrected chi connectivity index (χ0v) is 19.7. The Morgan fingerprint density at radius 2 is 1.67 bits per heavy atom. The van der Waals surface area contributed by atoms with Gasteiger partial charge in [0.1, 0.15) is 22.5 Å². The maximum atomic E-state index is 13.0. The number of anilines is 2. The van der Waals surface area contributed by atoms with Gasteiger partial charge in [0.25, 0.3) is 0 Å². The van der Waals surface area contributed by atoms with Crippen molar-refractivity contribution < 1.29 is 19.1 Å². The van der Waals surface area contributed by atoms with E-state index >= 15 is 0 Å². The Labute approximate surface area is 196 Å². The first-order chi connectivity index (χ1) is 15.9. The number of rotatable bonds is 9. The van der Waals surface area contributed by atoms with E-state index in [1.807, 2.05) is 44.2 Å². The molecular weight excluding hydrogens is 442 g/mol. The number of amides is 3. The van der Waals surface area contributed by atoms with Gasteiger partial charge >= 0.3 is 6.03 Å². The molecule has 0 spiro atoms. The van der Waals surface area contributed by atoms with Gasteiger partial charge in [-0.25, -0.2) is 4.79 Å². The molecule has 0 radical (unpaired) electrons. The molecule has 174 valence electrons. The van der Waals surface area contributed by atoms with E-state index in [4.69, 9.17) is 9.47 Å². The topological polar surface area (TPSA) is 114 Å². The van der Waals surface area contributed by atoms with E-state index in [9.17, 15) is 9.59 Å². The third-order valence-corrected chi connectivity index (χ3v) is 5.95. The first-order valence-corrected chi connectivity index (χ1v) is 11.3. The standard InChI is InChI=1S/C23H27N5O4S/c1-5-14(2)19(25-22(30)24-16-11-17(31-3)13-18(12-16)32-4)20(29)26-23-28-27-21(33-23)15-9-7-6-8-10-15/h6-14,19H,5H2,1-4H3,(H2,24,25,30)(H,26,28,29)/t14-,19+/m0/s1. The molecule has 9 nitrogen and oxygen atoms in total. The van der Waals surface area contributed by atoms with Crippen molar-refractivity contribution in [1.29, 1.82) is 0 Å². The summed E-state index contributed by atoms with van der Waals surface area (Å²) >= 11 is 1.27. The van der Waals surface area contributed by atoms with Crippen molar-refractivity contribution in [1.82, 2.24) is 15.5 Å². The fourth-order valence-corrected chi connectivity index (χ4v) is 3.80. The predicted octanol–water partition coefficient (Wildman–Crippen LogP) is 4.40. The van der Waals surface area contributed by atoms with Crippen molar-refractivity contribution >= 4 is 34.1 Å². The number of benzene rings is 2. The molecule has 0 aliphatic heterocycles. The molecule has 2 atom stereocenters. The Kier molecular flexibility index (Phi) is 8.20. The summed E-state index contributed by atoms with van der Waals surface area (Å²) in [6.45, 7) is 3.85. The Bertz CT molecular complexity index is 1070. The molecule has 0 aliphatic rings. The lowest BCUT2D eigenvalue weighted by atomic mass is 9.98. The number of nitrogens with one attached hydrogen (secondary N) is 3. The Balaban J connectivity index is 1.69. The molecule has 3 N–H and O–H groups in total. The lowest BCUT2D eigenvalue weighted by Crippen LogP contribution is -2.49. The molecule has 0 bridgehead atoms. The largest absolute Gasteiger partial charge is 0.497 e. The van der Waals surface area contributed by atoms with E-state index in [1.165, 1.54) is 25.6 Å². The Morgan fingerprint density at radius 3 is 2.27 bits per heavy atom. The average molecular weight is 470 g/mol. The van der Waals surface area contributed by atoms with Gasteiger partial charge in [-0.05, 0) is 5.92 Å². The van der Waals surface area contributed by atoms with E-state index in [0.717, 1.165) is 5.56 Å². The van der Waals surface area contributed by atoms with Crippen LogP contribution >= 0.6 is 11.3 Å². The van der Waals surface area contributed by atoms with Gasteiger partial charge in [-0.1, -0.05) is 61.9 Å². The summed E-state index contributed by atoms with van der Waals surface area (Å²) in [6.07, 6.45) is 0.691. The number of ether oxygens (including phenoxy) is 2. The average Bonchev–Trinajstić information content (AvgIpc) is 3.30. The summed E-state index contributed by atoms with van der Waals surface area (Å²) in [4.78, 5) is 25.7. The molecule has 0 unspecified atom stereocenters. The van der Waals surface area contributed by atoms with E-state index < -0.39 is 12.1 Å². The molecule has 1 aromatic heterocycles. The molecular formula is C23H27N5O4S. The van der Waals surface area contributed by atoms with Gasteiger partial charge in [0.2, 0.25) is 11.0 Å². The summed E-state index contributed by atoms with van der Waals surface area (Å²) in [5.74, 6) is 0.591. The van der Waals surface area contributed by atoms with Crippen LogP contribution in [0.5, 0.6) is 11.5 Å². The molecule has 0 fully saturated rings. The minimum absolute atomic E-state index is 0.114. The molecule has 2 aromatic carbocycles. The maximum Gasteiger partial charge on any atom is 0.319 e. The fourth-order valence-electron chi connectivity index (χ4n) is 3.04. The SMILES string of the molecule is CC[C@H](C)[C@@H](NC(=O)Nc1cc(OC)cc(OC)c1)C(=O)Nc1nnc(-c2ccccc2)s1. The second-order valence-electron chi connectivity index (χ2n) is 7.33. The van der Waals surface area contributed by atoms with Gasteiger partial charge in [0.05, 0.1) is 14.2 Å². The van der Waals surface area contributed by atoms with E-state index in [-0.39, 0.29) is 11.8 Å². The van der Waals surface area contributed by atoms with Crippen molar-refractivity contribution in [2.45, 2.75) is 26.3 Å². The van der Waals surface area contributed by atoms with Crippen molar-refractivity contribution in [3.8, 4) is 22.1 Å². The quantitative estimate of drug-likeness (QED) is 0.428. The van der Waals surface area contributed by atoms with Crippen LogP contribution in [0.2, 0.25) is 0 Å². The molecule has 33 heavy (non-hydrogen) atoms. The van der Waals surface area contributed by atoms with E-state index in [0.29, 0.717) is 33.7 Å². The number of hydrogen-bond acceptors (Lipinski definition) is 7. The van der Waals surface area contributed by atoms with Crippen molar-refractivity contribution in [3.63, 3.8) is 0 Å². The summed E-state index contributed by atoms with van der Waals surface area (Å²) < 4.78 is 10.5. The highest BCUT2D eigenvalue weighted by molar-refractivity contribution is 7.18. The lowest BCUT2D eigenvalue weighted by molar-refractivity contribution is -0.119. The zero-order chi connectivity index (χ0) is 23.8. The van der Waals surface area contributed by atoms with Crippen LogP contribution in [0, 0.1) is 5.92 Å². The Hall–Kier alpha value is -3.66. The molecule has 10 heteroatoms. The maximum absolute atomic E-state index is 13.0. The van der Waals surface area contributed by atoms with Crippen molar-refractivity contribution in [3.05, 3.63) is 48.5 Å². The highest BCUT2D eigenvalue weighted by Gasteiger charge is 2.27. The van der Waals surface area contributed by atoms with Crippen LogP contribution in [0.4, 0.5) is 15.6 Å². The number of aromatic nitrogens is 2. The monoisotopic (exact) mass is 469 g/mol. The smallest absolute Gasteiger partial charge is 0.319 e. The van der Waals surface area contributed by atoms with Crippen LogP contribution in [0.15, 0.2) is 48.5 Å².